The summed E-state index contributed by atoms with van der Waals surface area (Å²) < 4.78 is 11.4. The average Bonchev–Trinajstić information content (AvgIpc) is 2.64. The van der Waals surface area contributed by atoms with Gasteiger partial charge in [-0.1, -0.05) is 67.6 Å². The van der Waals surface area contributed by atoms with Crippen LogP contribution < -0.4 is 14.8 Å². The molecule has 0 saturated carbocycles. The number of hydrogen-bond donors (Lipinski definition) is 1. The van der Waals surface area contributed by atoms with E-state index in [1.807, 2.05) is 36.4 Å². The highest BCUT2D eigenvalue weighted by molar-refractivity contribution is 6.32. The third-order valence-corrected chi connectivity index (χ3v) is 4.80. The molecule has 2 aromatic rings. The number of ether oxygens (including phenoxy) is 2. The summed E-state index contributed by atoms with van der Waals surface area (Å²) in [7, 11) is 1.62. The quantitative estimate of drug-likeness (QED) is 0.402. The van der Waals surface area contributed by atoms with Crippen molar-refractivity contribution in [3.63, 3.8) is 0 Å². The van der Waals surface area contributed by atoms with Gasteiger partial charge in [0.25, 0.3) is 0 Å². The van der Waals surface area contributed by atoms with E-state index < -0.39 is 0 Å². The van der Waals surface area contributed by atoms with Crippen LogP contribution in [-0.4, -0.2) is 13.7 Å². The van der Waals surface area contributed by atoms with Gasteiger partial charge in [0, 0.05) is 17.1 Å². The Morgan fingerprint density at radius 2 is 1.78 bits per heavy atom. The van der Waals surface area contributed by atoms with E-state index in [-0.39, 0.29) is 12.4 Å². The van der Waals surface area contributed by atoms with Crippen LogP contribution in [0.1, 0.15) is 43.7 Å². The molecule has 0 aliphatic rings. The van der Waals surface area contributed by atoms with Crippen molar-refractivity contribution in [1.82, 2.24) is 5.32 Å². The van der Waals surface area contributed by atoms with Crippen LogP contribution in [0.2, 0.25) is 10.0 Å². The molecular formula is C21H28Cl3NO2. The van der Waals surface area contributed by atoms with Crippen LogP contribution in [0.5, 0.6) is 11.5 Å². The van der Waals surface area contributed by atoms with Gasteiger partial charge in [-0.3, -0.25) is 0 Å². The zero-order valence-corrected chi connectivity index (χ0v) is 18.2. The molecule has 150 valence electrons. The lowest BCUT2D eigenvalue weighted by atomic mass is 10.1. The molecule has 0 aromatic heterocycles. The van der Waals surface area contributed by atoms with Crippen LogP contribution in [-0.2, 0) is 13.2 Å². The van der Waals surface area contributed by atoms with Crippen LogP contribution in [0.4, 0.5) is 0 Å². The molecule has 0 fully saturated rings. The minimum Gasteiger partial charge on any atom is -0.493 e. The predicted molar refractivity (Wildman–Crippen MR) is 117 cm³/mol. The molecule has 0 atom stereocenters. The standard InChI is InChI=1S/C21H27Cl2NO2.ClH/c1-3-4-5-8-11-24-14-16-12-19(23)21(20(13-16)25-2)26-15-17-9-6-7-10-18(17)22;/h6-7,9-10,12-13,24H,3-5,8,11,14-15H2,1-2H3;1H. The molecule has 1 N–H and O–H groups in total. The van der Waals surface area contributed by atoms with Gasteiger partial charge in [-0.25, -0.2) is 0 Å². The van der Waals surface area contributed by atoms with E-state index in [2.05, 4.69) is 12.2 Å². The van der Waals surface area contributed by atoms with Crippen molar-refractivity contribution in [1.29, 1.82) is 0 Å². The van der Waals surface area contributed by atoms with Crippen LogP contribution >= 0.6 is 35.6 Å². The van der Waals surface area contributed by atoms with E-state index in [0.717, 1.165) is 24.2 Å². The zero-order valence-electron chi connectivity index (χ0n) is 15.9. The fraction of sp³-hybridized carbons (Fsp3) is 0.429. The lowest BCUT2D eigenvalue weighted by Gasteiger charge is -2.15. The summed E-state index contributed by atoms with van der Waals surface area (Å²) in [6, 6.07) is 11.5. The van der Waals surface area contributed by atoms with E-state index in [9.17, 15) is 0 Å². The highest BCUT2D eigenvalue weighted by Gasteiger charge is 2.13. The van der Waals surface area contributed by atoms with E-state index in [4.69, 9.17) is 32.7 Å². The summed E-state index contributed by atoms with van der Waals surface area (Å²) in [5.74, 6) is 1.17. The van der Waals surface area contributed by atoms with Crippen molar-refractivity contribution in [2.24, 2.45) is 0 Å². The van der Waals surface area contributed by atoms with Crippen molar-refractivity contribution >= 4 is 35.6 Å². The van der Waals surface area contributed by atoms with Crippen LogP contribution in [0.15, 0.2) is 36.4 Å². The van der Waals surface area contributed by atoms with Gasteiger partial charge in [0.1, 0.15) is 6.61 Å². The fourth-order valence-corrected chi connectivity index (χ4v) is 3.17. The van der Waals surface area contributed by atoms with Gasteiger partial charge in [0.15, 0.2) is 11.5 Å². The fourth-order valence-electron chi connectivity index (χ4n) is 2.69. The number of methoxy groups -OCH3 is 1. The first-order valence-corrected chi connectivity index (χ1v) is 9.84. The predicted octanol–water partition coefficient (Wildman–Crippen LogP) is 6.67. The minimum atomic E-state index is 0. The number of unbranched alkanes of at least 4 members (excludes halogenated alkanes) is 3. The van der Waals surface area contributed by atoms with Gasteiger partial charge in [0.2, 0.25) is 0 Å². The van der Waals surface area contributed by atoms with Crippen molar-refractivity contribution in [3.05, 3.63) is 57.6 Å². The summed E-state index contributed by atoms with van der Waals surface area (Å²) in [5, 5.41) is 4.67. The van der Waals surface area contributed by atoms with Gasteiger partial charge >= 0.3 is 0 Å². The zero-order chi connectivity index (χ0) is 18.8. The normalized spacial score (nSPS) is 10.4. The smallest absolute Gasteiger partial charge is 0.180 e. The number of benzene rings is 2. The van der Waals surface area contributed by atoms with Gasteiger partial charge in [0.05, 0.1) is 12.1 Å². The number of hydrogen-bond acceptors (Lipinski definition) is 3. The Bertz CT molecular complexity index is 695. The van der Waals surface area contributed by atoms with Crippen molar-refractivity contribution in [2.75, 3.05) is 13.7 Å². The number of nitrogens with one attached hydrogen (secondary N) is 1. The number of halogens is 3. The van der Waals surface area contributed by atoms with E-state index in [0.29, 0.717) is 28.2 Å². The first-order chi connectivity index (χ1) is 12.7. The largest absolute Gasteiger partial charge is 0.493 e. The lowest BCUT2D eigenvalue weighted by molar-refractivity contribution is 0.284. The second-order valence-electron chi connectivity index (χ2n) is 6.23. The Balaban J connectivity index is 0.00000364. The Kier molecular flexibility index (Phi) is 11.6. The molecule has 0 saturated heterocycles. The molecule has 0 amide bonds. The summed E-state index contributed by atoms with van der Waals surface area (Å²) in [5.41, 5.74) is 1.98. The van der Waals surface area contributed by atoms with Crippen molar-refractivity contribution < 1.29 is 9.47 Å². The number of rotatable bonds is 11. The van der Waals surface area contributed by atoms with Gasteiger partial charge in [-0.05, 0) is 36.7 Å². The Labute approximate surface area is 178 Å². The van der Waals surface area contributed by atoms with Crippen LogP contribution in [0.25, 0.3) is 0 Å². The molecule has 0 aliphatic carbocycles. The van der Waals surface area contributed by atoms with Crippen molar-refractivity contribution in [3.8, 4) is 11.5 Å². The van der Waals surface area contributed by atoms with Crippen LogP contribution in [0.3, 0.4) is 0 Å². The topological polar surface area (TPSA) is 30.5 Å². The molecule has 0 heterocycles. The van der Waals surface area contributed by atoms with E-state index in [1.165, 1.54) is 25.7 Å². The maximum Gasteiger partial charge on any atom is 0.180 e. The molecule has 0 bridgehead atoms. The monoisotopic (exact) mass is 431 g/mol. The molecular weight excluding hydrogens is 405 g/mol. The molecule has 27 heavy (non-hydrogen) atoms. The second-order valence-corrected chi connectivity index (χ2v) is 7.04. The Morgan fingerprint density at radius 1 is 1.00 bits per heavy atom. The molecule has 3 nitrogen and oxygen atoms in total. The maximum atomic E-state index is 6.43. The highest BCUT2D eigenvalue weighted by Crippen LogP contribution is 2.37. The Morgan fingerprint density at radius 3 is 2.48 bits per heavy atom. The average molecular weight is 433 g/mol. The Hall–Kier alpha value is -1.13. The highest BCUT2D eigenvalue weighted by atomic mass is 35.5. The second kappa shape index (κ2) is 13.1. The molecule has 0 aliphatic heterocycles. The molecule has 0 spiro atoms. The van der Waals surface area contributed by atoms with Gasteiger partial charge in [-0.2, -0.15) is 0 Å². The maximum absolute atomic E-state index is 6.43. The molecule has 0 unspecified atom stereocenters. The van der Waals surface area contributed by atoms with E-state index in [1.54, 1.807) is 7.11 Å². The molecule has 2 rings (SSSR count). The van der Waals surface area contributed by atoms with E-state index >= 15 is 0 Å². The third kappa shape index (κ3) is 7.79. The SMILES string of the molecule is CCCCCCNCc1cc(Cl)c(OCc2ccccc2Cl)c(OC)c1.Cl. The first kappa shape index (κ1) is 23.9. The lowest BCUT2D eigenvalue weighted by Crippen LogP contribution is -2.14. The minimum absolute atomic E-state index is 0. The summed E-state index contributed by atoms with van der Waals surface area (Å²) >= 11 is 12.6. The molecule has 2 aromatic carbocycles. The van der Waals surface area contributed by atoms with Crippen LogP contribution in [0, 0.1) is 0 Å². The van der Waals surface area contributed by atoms with Crippen molar-refractivity contribution in [2.45, 2.75) is 45.8 Å². The molecule has 6 heteroatoms. The van der Waals surface area contributed by atoms with Gasteiger partial charge < -0.3 is 14.8 Å². The first-order valence-electron chi connectivity index (χ1n) is 9.09. The molecule has 0 radical (unpaired) electrons. The third-order valence-electron chi connectivity index (χ3n) is 4.16. The van der Waals surface area contributed by atoms with Gasteiger partial charge in [-0.15, -0.1) is 12.4 Å². The summed E-state index contributed by atoms with van der Waals surface area (Å²) in [6.07, 6.45) is 5.00. The summed E-state index contributed by atoms with van der Waals surface area (Å²) in [4.78, 5) is 0. The summed E-state index contributed by atoms with van der Waals surface area (Å²) in [6.45, 7) is 4.32.